The Morgan fingerprint density at radius 3 is 2.89 bits per heavy atom. The molecule has 1 N–H and O–H groups in total. The Hall–Kier alpha value is -1.75. The number of hydrogen-bond donors (Lipinski definition) is 1. The van der Waals surface area contributed by atoms with Crippen LogP contribution in [0.4, 0.5) is 0 Å². The molecule has 4 nitrogen and oxygen atoms in total. The first-order valence-electron chi connectivity index (χ1n) is 6.07. The number of amides is 1. The molecule has 2 rings (SSSR count). The lowest BCUT2D eigenvalue weighted by atomic mass is 10.2. The van der Waals surface area contributed by atoms with E-state index < -0.39 is 0 Å². The summed E-state index contributed by atoms with van der Waals surface area (Å²) in [6, 6.07) is 8.10. The zero-order valence-corrected chi connectivity index (χ0v) is 11.9. The lowest BCUT2D eigenvalue weighted by Gasteiger charge is -2.16. The van der Waals surface area contributed by atoms with Gasteiger partial charge in [-0.1, -0.05) is 18.2 Å². The highest BCUT2D eigenvalue weighted by Crippen LogP contribution is 2.22. The first-order chi connectivity index (χ1) is 9.16. The third-order valence-corrected chi connectivity index (χ3v) is 4.01. The number of nitrogens with one attached hydrogen (secondary N) is 1. The van der Waals surface area contributed by atoms with Crippen molar-refractivity contribution in [2.45, 2.75) is 18.4 Å². The van der Waals surface area contributed by atoms with Gasteiger partial charge in [0, 0.05) is 30.2 Å². The minimum absolute atomic E-state index is 0.120. The topological polar surface area (TPSA) is 49.0 Å². The number of benzene rings is 1. The second-order valence-corrected chi connectivity index (χ2v) is 5.43. The van der Waals surface area contributed by atoms with E-state index in [0.717, 1.165) is 10.5 Å². The van der Waals surface area contributed by atoms with Crippen LogP contribution in [0.3, 0.4) is 0 Å². The highest BCUT2D eigenvalue weighted by molar-refractivity contribution is 8.00. The molecule has 0 fully saturated rings. The van der Waals surface area contributed by atoms with Gasteiger partial charge in [0.2, 0.25) is 5.91 Å². The summed E-state index contributed by atoms with van der Waals surface area (Å²) in [6.45, 7) is 2.64. The van der Waals surface area contributed by atoms with Gasteiger partial charge >= 0.3 is 0 Å². The summed E-state index contributed by atoms with van der Waals surface area (Å²) in [5, 5.41) is 6.62. The fraction of sp³-hybridized carbons (Fsp3) is 0.286. The minimum Gasteiger partial charge on any atom is -0.341 e. The summed E-state index contributed by atoms with van der Waals surface area (Å²) >= 11 is 1.58. The van der Waals surface area contributed by atoms with E-state index in [0.29, 0.717) is 12.3 Å². The van der Waals surface area contributed by atoms with Crippen molar-refractivity contribution >= 4 is 17.7 Å². The van der Waals surface area contributed by atoms with Crippen molar-refractivity contribution < 1.29 is 4.79 Å². The largest absolute Gasteiger partial charge is 0.341 e. The molecule has 1 heterocycles. The highest BCUT2D eigenvalue weighted by atomic mass is 32.2. The van der Waals surface area contributed by atoms with Crippen molar-refractivity contribution in [3.05, 3.63) is 47.8 Å². The number of rotatable bonds is 5. The maximum absolute atomic E-state index is 12.0. The molecule has 0 atom stereocenters. The number of nitrogens with zero attached hydrogens (tertiary/aromatic N) is 2. The number of aromatic amines is 1. The Bertz CT molecular complexity index is 539. The molecule has 0 radical (unpaired) electrons. The number of thioether (sulfide) groups is 1. The number of H-pyrrole nitrogens is 1. The average Bonchev–Trinajstić information content (AvgIpc) is 2.90. The predicted octanol–water partition coefficient (Wildman–Crippen LogP) is 2.47. The molecule has 2 aromatic rings. The van der Waals surface area contributed by atoms with Crippen LogP contribution >= 0.6 is 11.8 Å². The summed E-state index contributed by atoms with van der Waals surface area (Å²) in [4.78, 5) is 14.9. The lowest BCUT2D eigenvalue weighted by Crippen LogP contribution is -2.27. The molecule has 0 aliphatic carbocycles. The Morgan fingerprint density at radius 2 is 2.21 bits per heavy atom. The Kier molecular flexibility index (Phi) is 4.63. The monoisotopic (exact) mass is 275 g/mol. The van der Waals surface area contributed by atoms with Gasteiger partial charge in [0.1, 0.15) is 0 Å². The number of carbonyl (C=O) groups is 1. The molecule has 19 heavy (non-hydrogen) atoms. The van der Waals surface area contributed by atoms with Crippen LogP contribution in [0.15, 0.2) is 41.6 Å². The zero-order chi connectivity index (χ0) is 13.7. The maximum atomic E-state index is 12.0. The molecule has 0 saturated heterocycles. The third kappa shape index (κ3) is 3.86. The first-order valence-corrected chi connectivity index (χ1v) is 7.05. The number of aromatic nitrogens is 2. The second kappa shape index (κ2) is 6.43. The fourth-order valence-electron chi connectivity index (χ4n) is 1.69. The van der Waals surface area contributed by atoms with E-state index in [1.54, 1.807) is 29.1 Å². The van der Waals surface area contributed by atoms with Crippen molar-refractivity contribution in [3.8, 4) is 0 Å². The van der Waals surface area contributed by atoms with Crippen LogP contribution < -0.4 is 0 Å². The van der Waals surface area contributed by atoms with Gasteiger partial charge in [-0.25, -0.2) is 0 Å². The standard InChI is InChI=1S/C14H17N3OS/c1-11-5-3-4-6-13(11)19-10-14(18)17(2)9-12-7-15-16-8-12/h3-8H,9-10H2,1-2H3,(H,15,16). The van der Waals surface area contributed by atoms with Crippen LogP contribution in [0.2, 0.25) is 0 Å². The fourth-order valence-corrected chi connectivity index (χ4v) is 2.66. The number of carbonyl (C=O) groups excluding carboxylic acids is 1. The smallest absolute Gasteiger partial charge is 0.232 e. The summed E-state index contributed by atoms with van der Waals surface area (Å²) in [7, 11) is 1.81. The molecule has 5 heteroatoms. The van der Waals surface area contributed by atoms with Crippen molar-refractivity contribution in [2.75, 3.05) is 12.8 Å². The van der Waals surface area contributed by atoms with E-state index in [4.69, 9.17) is 0 Å². The van der Waals surface area contributed by atoms with Gasteiger partial charge in [0.15, 0.2) is 0 Å². The summed E-state index contributed by atoms with van der Waals surface area (Å²) in [6.07, 6.45) is 3.54. The van der Waals surface area contributed by atoms with Crippen LogP contribution in [0.25, 0.3) is 0 Å². The molecule has 0 saturated carbocycles. The van der Waals surface area contributed by atoms with Crippen LogP contribution in [0.5, 0.6) is 0 Å². The maximum Gasteiger partial charge on any atom is 0.232 e. The lowest BCUT2D eigenvalue weighted by molar-refractivity contribution is -0.127. The molecular weight excluding hydrogens is 258 g/mol. The molecule has 0 bridgehead atoms. The van der Waals surface area contributed by atoms with Crippen molar-refractivity contribution in [1.82, 2.24) is 15.1 Å². The van der Waals surface area contributed by atoms with Crippen molar-refractivity contribution in [1.29, 1.82) is 0 Å². The molecule has 1 amide bonds. The predicted molar refractivity (Wildman–Crippen MR) is 77.0 cm³/mol. The second-order valence-electron chi connectivity index (χ2n) is 4.41. The molecule has 1 aromatic heterocycles. The summed E-state index contributed by atoms with van der Waals surface area (Å²) < 4.78 is 0. The van der Waals surface area contributed by atoms with E-state index in [1.807, 2.05) is 25.2 Å². The van der Waals surface area contributed by atoms with E-state index in [1.165, 1.54) is 5.56 Å². The molecule has 0 aliphatic rings. The minimum atomic E-state index is 0.120. The highest BCUT2D eigenvalue weighted by Gasteiger charge is 2.10. The molecule has 0 spiro atoms. The summed E-state index contributed by atoms with van der Waals surface area (Å²) in [5.41, 5.74) is 2.22. The van der Waals surface area contributed by atoms with Gasteiger partial charge in [0.25, 0.3) is 0 Å². The van der Waals surface area contributed by atoms with E-state index in [9.17, 15) is 4.79 Å². The number of aryl methyl sites for hydroxylation is 1. The Labute approximate surface area is 117 Å². The van der Waals surface area contributed by atoms with Gasteiger partial charge in [-0.15, -0.1) is 11.8 Å². The van der Waals surface area contributed by atoms with Gasteiger partial charge in [0.05, 0.1) is 11.9 Å². The van der Waals surface area contributed by atoms with Gasteiger partial charge in [-0.2, -0.15) is 5.10 Å². The third-order valence-electron chi connectivity index (χ3n) is 2.85. The van der Waals surface area contributed by atoms with E-state index >= 15 is 0 Å². The molecule has 1 aromatic carbocycles. The molecule has 0 aliphatic heterocycles. The Morgan fingerprint density at radius 1 is 1.42 bits per heavy atom. The van der Waals surface area contributed by atoms with Gasteiger partial charge in [-0.3, -0.25) is 9.89 Å². The van der Waals surface area contributed by atoms with Crippen LogP contribution in [-0.4, -0.2) is 33.8 Å². The first kappa shape index (κ1) is 13.7. The van der Waals surface area contributed by atoms with E-state index in [-0.39, 0.29) is 5.91 Å². The molecular formula is C14H17N3OS. The zero-order valence-electron chi connectivity index (χ0n) is 11.1. The summed E-state index contributed by atoms with van der Waals surface area (Å²) in [5.74, 6) is 0.577. The SMILES string of the molecule is Cc1ccccc1SCC(=O)N(C)Cc1cn[nH]c1. The van der Waals surface area contributed by atoms with E-state index in [2.05, 4.69) is 23.2 Å². The average molecular weight is 275 g/mol. The van der Waals surface area contributed by atoms with Crippen LogP contribution in [0.1, 0.15) is 11.1 Å². The van der Waals surface area contributed by atoms with Crippen LogP contribution in [-0.2, 0) is 11.3 Å². The number of hydrogen-bond acceptors (Lipinski definition) is 3. The Balaban J connectivity index is 1.86. The molecule has 100 valence electrons. The van der Waals surface area contributed by atoms with Crippen LogP contribution in [0, 0.1) is 6.92 Å². The quantitative estimate of drug-likeness (QED) is 0.853. The van der Waals surface area contributed by atoms with Gasteiger partial charge in [-0.05, 0) is 18.6 Å². The normalized spacial score (nSPS) is 10.4. The van der Waals surface area contributed by atoms with Crippen molar-refractivity contribution in [2.24, 2.45) is 0 Å². The van der Waals surface area contributed by atoms with Gasteiger partial charge < -0.3 is 4.90 Å². The van der Waals surface area contributed by atoms with Crippen molar-refractivity contribution in [3.63, 3.8) is 0 Å². The molecule has 0 unspecified atom stereocenters.